The van der Waals surface area contributed by atoms with Crippen LogP contribution in [0.2, 0.25) is 0 Å². The van der Waals surface area contributed by atoms with Gasteiger partial charge in [-0.15, -0.1) is 0 Å². The molecule has 0 aromatic carbocycles. The van der Waals surface area contributed by atoms with Gasteiger partial charge in [0.2, 0.25) is 0 Å². The normalized spacial score (nSPS) is 10.5. The molecule has 2 aromatic heterocycles. The van der Waals surface area contributed by atoms with Crippen molar-refractivity contribution in [2.45, 2.75) is 19.9 Å². The first-order valence-electron chi connectivity index (χ1n) is 5.51. The Morgan fingerprint density at radius 1 is 1.24 bits per heavy atom. The molecule has 0 fully saturated rings. The van der Waals surface area contributed by atoms with Crippen LogP contribution in [0.15, 0.2) is 24.7 Å². The van der Waals surface area contributed by atoms with E-state index in [-0.39, 0.29) is 0 Å². The van der Waals surface area contributed by atoms with Crippen molar-refractivity contribution < 1.29 is 0 Å². The molecule has 2 rings (SSSR count). The Hall–Kier alpha value is -2.01. The Morgan fingerprint density at radius 2 is 2.06 bits per heavy atom. The summed E-state index contributed by atoms with van der Waals surface area (Å²) >= 11 is 0. The summed E-state index contributed by atoms with van der Waals surface area (Å²) < 4.78 is 0. The molecule has 0 bridgehead atoms. The minimum absolute atomic E-state index is 0.350. The van der Waals surface area contributed by atoms with E-state index in [1.807, 2.05) is 12.3 Å². The number of nitrogens with two attached hydrogens (primary N) is 2. The molecular weight excluding hydrogens is 214 g/mol. The van der Waals surface area contributed by atoms with Crippen LogP contribution < -0.4 is 11.5 Å². The van der Waals surface area contributed by atoms with E-state index in [1.54, 1.807) is 12.4 Å². The van der Waals surface area contributed by atoms with Crippen LogP contribution in [0.25, 0.3) is 11.4 Å². The van der Waals surface area contributed by atoms with Crippen LogP contribution in [-0.4, -0.2) is 15.0 Å². The average molecular weight is 229 g/mol. The van der Waals surface area contributed by atoms with Gasteiger partial charge in [-0.1, -0.05) is 6.92 Å². The van der Waals surface area contributed by atoms with Gasteiger partial charge in [-0.2, -0.15) is 0 Å². The summed E-state index contributed by atoms with van der Waals surface area (Å²) in [4.78, 5) is 12.7. The summed E-state index contributed by atoms with van der Waals surface area (Å²) in [7, 11) is 0. The fourth-order valence-corrected chi connectivity index (χ4v) is 1.63. The Morgan fingerprint density at radius 3 is 2.71 bits per heavy atom. The van der Waals surface area contributed by atoms with Crippen molar-refractivity contribution in [2.75, 3.05) is 5.73 Å². The molecule has 5 heteroatoms. The number of hydrogen-bond acceptors (Lipinski definition) is 5. The van der Waals surface area contributed by atoms with Crippen LogP contribution in [0.1, 0.15) is 18.1 Å². The second-order valence-corrected chi connectivity index (χ2v) is 3.69. The van der Waals surface area contributed by atoms with E-state index in [2.05, 4.69) is 21.9 Å². The molecule has 0 unspecified atom stereocenters. The molecule has 2 aromatic rings. The van der Waals surface area contributed by atoms with E-state index in [0.29, 0.717) is 18.2 Å². The lowest BCUT2D eigenvalue weighted by Gasteiger charge is -2.07. The monoisotopic (exact) mass is 229 g/mol. The predicted octanol–water partition coefficient (Wildman–Crippen LogP) is 1.14. The first-order chi connectivity index (χ1) is 8.26. The predicted molar refractivity (Wildman–Crippen MR) is 66.9 cm³/mol. The van der Waals surface area contributed by atoms with E-state index in [1.165, 1.54) is 0 Å². The summed E-state index contributed by atoms with van der Waals surface area (Å²) in [5.74, 6) is 1.07. The summed E-state index contributed by atoms with van der Waals surface area (Å²) in [6.07, 6.45) is 6.11. The van der Waals surface area contributed by atoms with Gasteiger partial charge in [0.1, 0.15) is 5.82 Å². The van der Waals surface area contributed by atoms with E-state index in [9.17, 15) is 0 Å². The minimum atomic E-state index is 0.350. The van der Waals surface area contributed by atoms with Gasteiger partial charge in [-0.25, -0.2) is 9.97 Å². The quantitative estimate of drug-likeness (QED) is 0.823. The smallest absolute Gasteiger partial charge is 0.161 e. The zero-order valence-corrected chi connectivity index (χ0v) is 9.72. The van der Waals surface area contributed by atoms with Crippen LogP contribution in [0.3, 0.4) is 0 Å². The first kappa shape index (κ1) is 11.5. The van der Waals surface area contributed by atoms with Gasteiger partial charge < -0.3 is 11.5 Å². The zero-order valence-electron chi connectivity index (χ0n) is 9.72. The molecule has 0 aliphatic carbocycles. The largest absolute Gasteiger partial charge is 0.383 e. The second-order valence-electron chi connectivity index (χ2n) is 3.69. The molecule has 0 aliphatic rings. The van der Waals surface area contributed by atoms with Crippen molar-refractivity contribution in [3.8, 4) is 11.4 Å². The summed E-state index contributed by atoms with van der Waals surface area (Å²) in [5, 5.41) is 0. The fraction of sp³-hybridized carbons (Fsp3) is 0.250. The third-order valence-corrected chi connectivity index (χ3v) is 2.64. The molecule has 0 spiro atoms. The molecule has 2 heterocycles. The highest BCUT2D eigenvalue weighted by Crippen LogP contribution is 2.21. The average Bonchev–Trinajstić information content (AvgIpc) is 2.38. The highest BCUT2D eigenvalue weighted by atomic mass is 14.9. The number of anilines is 1. The SMILES string of the molecule is CCc1cnccc1-c1ncc(CN)c(N)n1. The van der Waals surface area contributed by atoms with Crippen molar-refractivity contribution in [1.29, 1.82) is 0 Å². The van der Waals surface area contributed by atoms with Gasteiger partial charge in [0.25, 0.3) is 0 Å². The van der Waals surface area contributed by atoms with Gasteiger partial charge in [-0.3, -0.25) is 4.98 Å². The van der Waals surface area contributed by atoms with Gasteiger partial charge >= 0.3 is 0 Å². The number of aryl methyl sites for hydroxylation is 1. The molecule has 0 aliphatic heterocycles. The zero-order chi connectivity index (χ0) is 12.3. The molecule has 0 atom stereocenters. The summed E-state index contributed by atoms with van der Waals surface area (Å²) in [5.41, 5.74) is 14.2. The van der Waals surface area contributed by atoms with Crippen molar-refractivity contribution in [3.63, 3.8) is 0 Å². The Bertz CT molecular complexity index is 524. The van der Waals surface area contributed by atoms with Gasteiger partial charge in [0.15, 0.2) is 5.82 Å². The molecule has 0 saturated carbocycles. The Labute approximate surface area is 99.9 Å². The molecule has 0 amide bonds. The number of nitrogen functional groups attached to an aromatic ring is 1. The topological polar surface area (TPSA) is 90.7 Å². The third kappa shape index (κ3) is 2.24. The van der Waals surface area contributed by atoms with Gasteiger partial charge in [-0.05, 0) is 18.1 Å². The van der Waals surface area contributed by atoms with E-state index >= 15 is 0 Å². The maximum atomic E-state index is 5.81. The Kier molecular flexibility index (Phi) is 3.30. The summed E-state index contributed by atoms with van der Waals surface area (Å²) in [6.45, 7) is 2.42. The number of pyridine rings is 1. The van der Waals surface area contributed by atoms with Gasteiger partial charge in [0, 0.05) is 36.3 Å². The molecule has 5 nitrogen and oxygen atoms in total. The highest BCUT2D eigenvalue weighted by Gasteiger charge is 2.08. The van der Waals surface area contributed by atoms with Crippen LogP contribution in [0, 0.1) is 0 Å². The van der Waals surface area contributed by atoms with Crippen LogP contribution >= 0.6 is 0 Å². The van der Waals surface area contributed by atoms with Gasteiger partial charge in [0.05, 0.1) is 0 Å². The lowest BCUT2D eigenvalue weighted by molar-refractivity contribution is 1.01. The number of rotatable bonds is 3. The van der Waals surface area contributed by atoms with Crippen molar-refractivity contribution in [1.82, 2.24) is 15.0 Å². The van der Waals surface area contributed by atoms with Crippen LogP contribution in [0.5, 0.6) is 0 Å². The lowest BCUT2D eigenvalue weighted by atomic mass is 10.1. The first-order valence-corrected chi connectivity index (χ1v) is 5.51. The molecular formula is C12H15N5. The van der Waals surface area contributed by atoms with E-state index < -0.39 is 0 Å². The molecule has 17 heavy (non-hydrogen) atoms. The fourth-order valence-electron chi connectivity index (χ4n) is 1.63. The standard InChI is InChI=1S/C12H15N5/c1-2-8-6-15-4-3-10(8)12-16-7-9(5-13)11(14)17-12/h3-4,6-7H,2,5,13H2,1H3,(H2,14,16,17). The molecule has 0 saturated heterocycles. The van der Waals surface area contributed by atoms with Crippen molar-refractivity contribution in [2.24, 2.45) is 5.73 Å². The number of nitrogens with zero attached hydrogens (tertiary/aromatic N) is 3. The maximum Gasteiger partial charge on any atom is 0.161 e. The van der Waals surface area contributed by atoms with Crippen LogP contribution in [-0.2, 0) is 13.0 Å². The van der Waals surface area contributed by atoms with Crippen LogP contribution in [0.4, 0.5) is 5.82 Å². The molecule has 88 valence electrons. The maximum absolute atomic E-state index is 5.81. The molecule has 0 radical (unpaired) electrons. The van der Waals surface area contributed by atoms with Crippen molar-refractivity contribution >= 4 is 5.82 Å². The number of hydrogen-bond donors (Lipinski definition) is 2. The number of aromatic nitrogens is 3. The summed E-state index contributed by atoms with van der Waals surface area (Å²) in [6, 6.07) is 1.90. The second kappa shape index (κ2) is 4.88. The highest BCUT2D eigenvalue weighted by molar-refractivity contribution is 5.61. The van der Waals surface area contributed by atoms with E-state index in [4.69, 9.17) is 11.5 Å². The lowest BCUT2D eigenvalue weighted by Crippen LogP contribution is -2.06. The van der Waals surface area contributed by atoms with Crippen molar-refractivity contribution in [3.05, 3.63) is 35.8 Å². The third-order valence-electron chi connectivity index (χ3n) is 2.64. The van der Waals surface area contributed by atoms with E-state index in [0.717, 1.165) is 23.1 Å². The minimum Gasteiger partial charge on any atom is -0.383 e. The molecule has 4 N–H and O–H groups in total. The Balaban J connectivity index is 2.49.